The number of aryl methyl sites for hydroxylation is 2. The van der Waals surface area contributed by atoms with Gasteiger partial charge in [-0.2, -0.15) is 0 Å². The Morgan fingerprint density at radius 3 is 2.21 bits per heavy atom. The predicted octanol–water partition coefficient (Wildman–Crippen LogP) is 2.96. The number of thioether (sulfide) groups is 1. The van der Waals surface area contributed by atoms with E-state index in [9.17, 15) is 0 Å². The van der Waals surface area contributed by atoms with Gasteiger partial charge in [0.1, 0.15) is 0 Å². The molecule has 0 saturated heterocycles. The second kappa shape index (κ2) is 5.42. The molecule has 0 unspecified atom stereocenters. The third-order valence-electron chi connectivity index (χ3n) is 2.19. The van der Waals surface area contributed by atoms with Crippen molar-refractivity contribution in [2.24, 2.45) is 0 Å². The summed E-state index contributed by atoms with van der Waals surface area (Å²) in [4.78, 5) is 3.68. The van der Waals surface area contributed by atoms with Crippen molar-refractivity contribution in [3.05, 3.63) is 29.3 Å². The van der Waals surface area contributed by atoms with Crippen molar-refractivity contribution in [2.75, 3.05) is 26.4 Å². The SMILES string of the molecule is Cc1cccc(C)c1SCCN(C)C. The van der Waals surface area contributed by atoms with Crippen LogP contribution in [-0.4, -0.2) is 31.3 Å². The Balaban J connectivity index is 2.58. The minimum absolute atomic E-state index is 1.14. The van der Waals surface area contributed by atoms with Gasteiger partial charge in [-0.05, 0) is 39.1 Å². The van der Waals surface area contributed by atoms with Crippen LogP contribution in [0.1, 0.15) is 11.1 Å². The zero-order valence-electron chi connectivity index (χ0n) is 9.50. The first-order chi connectivity index (χ1) is 6.61. The van der Waals surface area contributed by atoms with Crippen LogP contribution in [0, 0.1) is 13.8 Å². The predicted molar refractivity (Wildman–Crippen MR) is 65.2 cm³/mol. The standard InChI is InChI=1S/C12H19NS/c1-10-6-5-7-11(2)12(10)14-9-8-13(3)4/h5-7H,8-9H2,1-4H3. The monoisotopic (exact) mass is 209 g/mol. The molecule has 0 N–H and O–H groups in total. The highest BCUT2D eigenvalue weighted by molar-refractivity contribution is 7.99. The molecule has 1 aromatic rings. The van der Waals surface area contributed by atoms with Crippen molar-refractivity contribution in [1.29, 1.82) is 0 Å². The zero-order valence-corrected chi connectivity index (χ0v) is 10.3. The lowest BCUT2D eigenvalue weighted by Gasteiger charge is -2.11. The normalized spacial score (nSPS) is 10.9. The van der Waals surface area contributed by atoms with E-state index < -0.39 is 0 Å². The van der Waals surface area contributed by atoms with Crippen LogP contribution in [0.4, 0.5) is 0 Å². The van der Waals surface area contributed by atoms with Crippen molar-refractivity contribution in [3.63, 3.8) is 0 Å². The third-order valence-corrected chi connectivity index (χ3v) is 3.51. The molecule has 2 heteroatoms. The molecular formula is C12H19NS. The third kappa shape index (κ3) is 3.35. The first kappa shape index (κ1) is 11.6. The van der Waals surface area contributed by atoms with Gasteiger partial charge >= 0.3 is 0 Å². The lowest BCUT2D eigenvalue weighted by atomic mass is 10.2. The average molecular weight is 209 g/mol. The Hall–Kier alpha value is -0.470. The molecule has 0 bridgehead atoms. The molecular weight excluding hydrogens is 190 g/mol. The summed E-state index contributed by atoms with van der Waals surface area (Å²) in [7, 11) is 4.23. The van der Waals surface area contributed by atoms with Crippen LogP contribution in [0.25, 0.3) is 0 Å². The first-order valence-electron chi connectivity index (χ1n) is 4.95. The number of benzene rings is 1. The Bertz CT molecular complexity index is 274. The summed E-state index contributed by atoms with van der Waals surface area (Å²) in [6, 6.07) is 6.50. The maximum atomic E-state index is 2.22. The zero-order chi connectivity index (χ0) is 10.6. The van der Waals surface area contributed by atoms with Crippen LogP contribution in [0.3, 0.4) is 0 Å². The number of rotatable bonds is 4. The van der Waals surface area contributed by atoms with E-state index in [0.29, 0.717) is 0 Å². The number of hydrogen-bond acceptors (Lipinski definition) is 2. The second-order valence-corrected chi connectivity index (χ2v) is 4.98. The Labute approximate surface area is 91.5 Å². The van der Waals surface area contributed by atoms with E-state index in [-0.39, 0.29) is 0 Å². The van der Waals surface area contributed by atoms with Gasteiger partial charge in [-0.3, -0.25) is 0 Å². The topological polar surface area (TPSA) is 3.24 Å². The van der Waals surface area contributed by atoms with Crippen molar-refractivity contribution in [2.45, 2.75) is 18.7 Å². The van der Waals surface area contributed by atoms with E-state index >= 15 is 0 Å². The molecule has 0 radical (unpaired) electrons. The molecule has 0 amide bonds. The molecule has 1 nitrogen and oxygen atoms in total. The molecule has 0 aliphatic heterocycles. The Morgan fingerprint density at radius 1 is 1.14 bits per heavy atom. The van der Waals surface area contributed by atoms with Crippen LogP contribution in [0.5, 0.6) is 0 Å². The van der Waals surface area contributed by atoms with E-state index in [1.54, 1.807) is 0 Å². The molecule has 0 aromatic heterocycles. The molecule has 0 atom stereocenters. The van der Waals surface area contributed by atoms with Gasteiger partial charge in [0.25, 0.3) is 0 Å². The van der Waals surface area contributed by atoms with E-state index in [1.165, 1.54) is 21.8 Å². The highest BCUT2D eigenvalue weighted by atomic mass is 32.2. The van der Waals surface area contributed by atoms with Gasteiger partial charge in [0.15, 0.2) is 0 Å². The van der Waals surface area contributed by atoms with Gasteiger partial charge < -0.3 is 4.90 Å². The van der Waals surface area contributed by atoms with Crippen LogP contribution in [-0.2, 0) is 0 Å². The fraction of sp³-hybridized carbons (Fsp3) is 0.500. The van der Waals surface area contributed by atoms with E-state index in [2.05, 4.69) is 51.0 Å². The molecule has 0 fully saturated rings. The number of hydrogen-bond donors (Lipinski definition) is 0. The van der Waals surface area contributed by atoms with Gasteiger partial charge in [-0.25, -0.2) is 0 Å². The molecule has 0 spiro atoms. The summed E-state index contributed by atoms with van der Waals surface area (Å²) in [6.07, 6.45) is 0. The number of nitrogens with zero attached hydrogens (tertiary/aromatic N) is 1. The lowest BCUT2D eigenvalue weighted by molar-refractivity contribution is 0.437. The van der Waals surface area contributed by atoms with Gasteiger partial charge in [0.2, 0.25) is 0 Å². The highest BCUT2D eigenvalue weighted by Crippen LogP contribution is 2.25. The minimum atomic E-state index is 1.14. The van der Waals surface area contributed by atoms with Crippen LogP contribution in [0.2, 0.25) is 0 Å². The molecule has 1 rings (SSSR count). The van der Waals surface area contributed by atoms with Crippen molar-refractivity contribution < 1.29 is 0 Å². The minimum Gasteiger partial charge on any atom is -0.309 e. The van der Waals surface area contributed by atoms with Gasteiger partial charge in [-0.1, -0.05) is 18.2 Å². The van der Waals surface area contributed by atoms with Gasteiger partial charge in [-0.15, -0.1) is 11.8 Å². The smallest absolute Gasteiger partial charge is 0.0131 e. The maximum Gasteiger partial charge on any atom is 0.0131 e. The summed E-state index contributed by atoms with van der Waals surface area (Å²) >= 11 is 1.96. The molecule has 0 aliphatic rings. The summed E-state index contributed by atoms with van der Waals surface area (Å²) in [5.41, 5.74) is 2.79. The fourth-order valence-electron chi connectivity index (χ4n) is 1.36. The van der Waals surface area contributed by atoms with Crippen LogP contribution in [0.15, 0.2) is 23.1 Å². The van der Waals surface area contributed by atoms with Crippen molar-refractivity contribution in [3.8, 4) is 0 Å². The molecule has 78 valence electrons. The Kier molecular flexibility index (Phi) is 4.49. The van der Waals surface area contributed by atoms with E-state index in [1.807, 2.05) is 11.8 Å². The van der Waals surface area contributed by atoms with Crippen LogP contribution < -0.4 is 0 Å². The lowest BCUT2D eigenvalue weighted by Crippen LogP contribution is -2.14. The second-order valence-electron chi connectivity index (χ2n) is 3.87. The molecule has 0 saturated carbocycles. The molecule has 0 heterocycles. The maximum absolute atomic E-state index is 2.22. The molecule has 14 heavy (non-hydrogen) atoms. The van der Waals surface area contributed by atoms with Gasteiger partial charge in [0.05, 0.1) is 0 Å². The quantitative estimate of drug-likeness (QED) is 0.701. The Morgan fingerprint density at radius 2 is 1.71 bits per heavy atom. The summed E-state index contributed by atoms with van der Waals surface area (Å²) < 4.78 is 0. The largest absolute Gasteiger partial charge is 0.309 e. The van der Waals surface area contributed by atoms with Gasteiger partial charge in [0, 0.05) is 17.2 Å². The fourth-order valence-corrected chi connectivity index (χ4v) is 2.61. The summed E-state index contributed by atoms with van der Waals surface area (Å²) in [5, 5.41) is 0. The molecule has 1 aromatic carbocycles. The first-order valence-corrected chi connectivity index (χ1v) is 5.93. The van der Waals surface area contributed by atoms with Crippen molar-refractivity contribution >= 4 is 11.8 Å². The average Bonchev–Trinajstić information content (AvgIpc) is 2.09. The van der Waals surface area contributed by atoms with Crippen molar-refractivity contribution in [1.82, 2.24) is 4.90 Å². The summed E-state index contributed by atoms with van der Waals surface area (Å²) in [6.45, 7) is 5.51. The van der Waals surface area contributed by atoms with E-state index in [4.69, 9.17) is 0 Å². The summed E-state index contributed by atoms with van der Waals surface area (Å²) in [5.74, 6) is 1.17. The highest BCUT2D eigenvalue weighted by Gasteiger charge is 2.02. The molecule has 0 aliphatic carbocycles. The van der Waals surface area contributed by atoms with Crippen LogP contribution >= 0.6 is 11.8 Å². The van der Waals surface area contributed by atoms with E-state index in [0.717, 1.165) is 6.54 Å².